The number of nitrogens with one attached hydrogen (secondary N) is 1. The third-order valence-corrected chi connectivity index (χ3v) is 14.2. The highest BCUT2D eigenvalue weighted by atomic mass is 32.2. The molecule has 1 fully saturated rings. The number of sulfone groups is 1. The van der Waals surface area contributed by atoms with E-state index < -0.39 is 62.9 Å². The predicted octanol–water partition coefficient (Wildman–Crippen LogP) is 10.1. The molecular weight excluding hydrogens is 821 g/mol. The first-order chi connectivity index (χ1) is 28.9. The van der Waals surface area contributed by atoms with Gasteiger partial charge in [-0.05, 0) is 76.1 Å². The first-order valence-electron chi connectivity index (χ1n) is 19.4. The van der Waals surface area contributed by atoms with Crippen LogP contribution in [-0.2, 0) is 26.7 Å². The summed E-state index contributed by atoms with van der Waals surface area (Å²) in [6, 6.07) is 31.9. The van der Waals surface area contributed by atoms with E-state index in [0.717, 1.165) is 45.5 Å². The van der Waals surface area contributed by atoms with Gasteiger partial charge < -0.3 is 15.2 Å². The Kier molecular flexibility index (Phi) is 9.41. The molecule has 3 aliphatic carbocycles. The van der Waals surface area contributed by atoms with Gasteiger partial charge in [0.15, 0.2) is 15.9 Å². The number of amides is 1. The van der Waals surface area contributed by atoms with E-state index in [1.807, 2.05) is 78.9 Å². The average molecular weight is 856 g/mol. The Morgan fingerprint density at radius 1 is 0.820 bits per heavy atom. The van der Waals surface area contributed by atoms with Gasteiger partial charge in [-0.1, -0.05) is 97.1 Å². The van der Waals surface area contributed by atoms with E-state index >= 15 is 0 Å². The number of anilines is 1. The molecule has 1 heterocycles. The second kappa shape index (κ2) is 14.2. The van der Waals surface area contributed by atoms with Gasteiger partial charge in [-0.25, -0.2) is 13.2 Å². The Morgan fingerprint density at radius 2 is 1.41 bits per heavy atom. The van der Waals surface area contributed by atoms with E-state index in [1.165, 1.54) is 6.07 Å². The normalized spacial score (nSPS) is 19.0. The summed E-state index contributed by atoms with van der Waals surface area (Å²) in [7, 11) is -3.90. The lowest BCUT2D eigenvalue weighted by Gasteiger charge is -2.33. The van der Waals surface area contributed by atoms with Crippen molar-refractivity contribution in [3.63, 3.8) is 0 Å². The third-order valence-electron chi connectivity index (χ3n) is 12.3. The number of alkyl halides is 6. The summed E-state index contributed by atoms with van der Waals surface area (Å²) >= 11 is 0. The maximum atomic E-state index is 14.8. The van der Waals surface area contributed by atoms with Crippen LogP contribution in [-0.4, -0.2) is 49.2 Å². The molecule has 61 heavy (non-hydrogen) atoms. The Hall–Kier alpha value is -6.11. The van der Waals surface area contributed by atoms with E-state index in [4.69, 9.17) is 4.74 Å². The number of nitriles is 1. The molecule has 15 heteroatoms. The van der Waals surface area contributed by atoms with Crippen LogP contribution in [0.5, 0.6) is 0 Å². The summed E-state index contributed by atoms with van der Waals surface area (Å²) in [5.41, 5.74) is -0.231. The first-order valence-corrected chi connectivity index (χ1v) is 21.0. The number of benzene rings is 5. The summed E-state index contributed by atoms with van der Waals surface area (Å²) in [6.07, 6.45) is -10.6. The molecule has 0 saturated heterocycles. The van der Waals surface area contributed by atoms with Crippen molar-refractivity contribution in [1.82, 2.24) is 4.90 Å². The third kappa shape index (κ3) is 6.72. The molecule has 1 aliphatic heterocycles. The molecule has 2 unspecified atom stereocenters. The van der Waals surface area contributed by atoms with Crippen LogP contribution < -0.4 is 5.32 Å². The molecule has 5 aromatic carbocycles. The molecular formula is C46H35F6N3O5S. The van der Waals surface area contributed by atoms with Crippen LogP contribution in [0.15, 0.2) is 126 Å². The van der Waals surface area contributed by atoms with Gasteiger partial charge in [-0.3, -0.25) is 4.90 Å². The second-order valence-electron chi connectivity index (χ2n) is 16.0. The van der Waals surface area contributed by atoms with E-state index in [0.29, 0.717) is 41.7 Å². The summed E-state index contributed by atoms with van der Waals surface area (Å²) in [4.78, 5) is 16.3. The molecule has 4 aliphatic rings. The number of carbonyl (C=O) groups is 1. The lowest BCUT2D eigenvalue weighted by Crippen LogP contribution is -2.53. The average Bonchev–Trinajstić information content (AvgIpc) is 3.59. The van der Waals surface area contributed by atoms with E-state index in [2.05, 4.69) is 11.4 Å². The van der Waals surface area contributed by atoms with Crippen LogP contribution in [0.2, 0.25) is 0 Å². The lowest BCUT2D eigenvalue weighted by molar-refractivity contribution is -0.376. The van der Waals surface area contributed by atoms with E-state index in [9.17, 15) is 49.9 Å². The number of hydrogen-bond donors (Lipinski definition) is 2. The van der Waals surface area contributed by atoms with Crippen molar-refractivity contribution in [2.24, 2.45) is 5.41 Å². The van der Waals surface area contributed by atoms with Crippen LogP contribution in [0, 0.1) is 16.7 Å². The maximum absolute atomic E-state index is 14.8. The monoisotopic (exact) mass is 855 g/mol. The summed E-state index contributed by atoms with van der Waals surface area (Å²) < 4.78 is 115. The van der Waals surface area contributed by atoms with Crippen LogP contribution in [0.1, 0.15) is 69.8 Å². The highest BCUT2D eigenvalue weighted by Gasteiger charge is 2.71. The zero-order valence-electron chi connectivity index (χ0n) is 32.0. The zero-order valence-corrected chi connectivity index (χ0v) is 32.8. The fourth-order valence-electron chi connectivity index (χ4n) is 8.95. The molecule has 1 saturated carbocycles. The van der Waals surface area contributed by atoms with Crippen molar-refractivity contribution in [2.75, 3.05) is 17.6 Å². The van der Waals surface area contributed by atoms with Crippen molar-refractivity contribution in [2.45, 2.75) is 60.3 Å². The van der Waals surface area contributed by atoms with Crippen LogP contribution in [0.4, 0.5) is 36.8 Å². The molecule has 2 atom stereocenters. The lowest BCUT2D eigenvalue weighted by atomic mass is 9.84. The molecule has 312 valence electrons. The van der Waals surface area contributed by atoms with Gasteiger partial charge in [0, 0.05) is 34.8 Å². The number of hydrogen-bond acceptors (Lipinski definition) is 7. The molecule has 0 radical (unpaired) electrons. The van der Waals surface area contributed by atoms with Gasteiger partial charge >= 0.3 is 18.4 Å². The largest absolute Gasteiger partial charge is 0.436 e. The van der Waals surface area contributed by atoms with E-state index in [1.54, 1.807) is 17.0 Å². The topological polar surface area (TPSA) is 120 Å². The van der Waals surface area contributed by atoms with Crippen molar-refractivity contribution >= 4 is 27.7 Å². The second-order valence-corrected chi connectivity index (χ2v) is 18.0. The van der Waals surface area contributed by atoms with Crippen molar-refractivity contribution < 1.29 is 49.4 Å². The maximum Gasteiger partial charge on any atom is 0.430 e. The molecule has 9 rings (SSSR count). The molecule has 1 amide bonds. The van der Waals surface area contributed by atoms with E-state index in [-0.39, 0.29) is 29.4 Å². The van der Waals surface area contributed by atoms with Crippen molar-refractivity contribution in [3.05, 3.63) is 160 Å². The first kappa shape index (κ1) is 40.3. The highest BCUT2D eigenvalue weighted by molar-refractivity contribution is 7.91. The minimum Gasteiger partial charge on any atom is -0.436 e. The number of halogens is 6. The highest BCUT2D eigenvalue weighted by Crippen LogP contribution is 2.54. The van der Waals surface area contributed by atoms with Gasteiger partial charge in [0.25, 0.3) is 5.60 Å². The zero-order chi connectivity index (χ0) is 43.1. The van der Waals surface area contributed by atoms with Crippen molar-refractivity contribution in [1.29, 1.82) is 5.26 Å². The Morgan fingerprint density at radius 3 is 2.00 bits per heavy atom. The Bertz CT molecular complexity index is 2720. The fourth-order valence-corrected chi connectivity index (χ4v) is 10.8. The van der Waals surface area contributed by atoms with Gasteiger partial charge in [0.2, 0.25) is 0 Å². The molecule has 8 nitrogen and oxygen atoms in total. The molecule has 0 spiro atoms. The van der Waals surface area contributed by atoms with Crippen LogP contribution >= 0.6 is 0 Å². The van der Waals surface area contributed by atoms with Gasteiger partial charge in [0.05, 0.1) is 34.7 Å². The molecule has 0 aromatic heterocycles. The van der Waals surface area contributed by atoms with Crippen molar-refractivity contribution in [3.8, 4) is 17.2 Å². The summed E-state index contributed by atoms with van der Waals surface area (Å²) in [5.74, 6) is -0.900. The van der Waals surface area contributed by atoms with Gasteiger partial charge in [-0.15, -0.1) is 0 Å². The smallest absolute Gasteiger partial charge is 0.430 e. The number of rotatable bonds is 9. The number of ether oxygens (including phenoxy) is 1. The minimum atomic E-state index is -6.04. The SMILES string of the molecule is N#CC1(CS(=O)(=O)c2ccc3c(c2)CN(C(=O)OC2c4ccccc4-c4ccccc42)C3C2C(CNc3ccc(C(O)(C(F)(F)F)C(F)(F)F)cc3)=Cc3ccccc32)CC1. The number of aliphatic hydroxyl groups is 1. The Balaban J connectivity index is 1.07. The number of fused-ring (bicyclic) bond motifs is 5. The molecule has 0 bridgehead atoms. The van der Waals surface area contributed by atoms with Crippen LogP contribution in [0.3, 0.4) is 0 Å². The summed E-state index contributed by atoms with van der Waals surface area (Å²) in [5, 5.41) is 22.7. The number of carbonyl (C=O) groups excluding carboxylic acids is 1. The predicted molar refractivity (Wildman–Crippen MR) is 212 cm³/mol. The minimum absolute atomic E-state index is 0.0240. The fraction of sp³-hybridized carbons (Fsp3) is 0.261. The van der Waals surface area contributed by atoms with Gasteiger partial charge in [0.1, 0.15) is 0 Å². The summed E-state index contributed by atoms with van der Waals surface area (Å²) in [6.45, 7) is 0.00601. The Labute approximate surface area is 346 Å². The quantitative estimate of drug-likeness (QED) is 0.142. The number of nitrogens with zero attached hydrogens (tertiary/aromatic N) is 2. The van der Waals surface area contributed by atoms with Crippen LogP contribution in [0.25, 0.3) is 17.2 Å². The van der Waals surface area contributed by atoms with Gasteiger partial charge in [-0.2, -0.15) is 31.6 Å². The molecule has 2 N–H and O–H groups in total. The molecule has 5 aromatic rings. The standard InChI is InChI=1S/C46H35F6N3O5S/c47-45(48,49)44(57,46(50,51)52)30-13-15-31(16-14-30)54-23-28-21-27-7-1-2-8-33(27)39(28)40-34-18-17-32(61(58,59)26-43(25-53)19-20-43)22-29(34)24-55(40)42(56)60-41-37-11-5-3-9-35(37)36-10-4-6-12-38(36)41/h1-18,21-22,39-41,54,57H,19-20,23-24,26H2.